The third-order valence-corrected chi connectivity index (χ3v) is 6.02. The number of nitrogens with zero attached hydrogens (tertiary/aromatic N) is 1. The largest absolute Gasteiger partial charge is 0.465 e. The number of hydrogen-bond donors (Lipinski definition) is 4. The molecule has 3 rings (SSSR count). The minimum absolute atomic E-state index is 0. The van der Waals surface area contributed by atoms with Gasteiger partial charge >= 0.3 is 6.09 Å². The number of carboxylic acid groups (broad SMARTS) is 1. The zero-order chi connectivity index (χ0) is 24.1. The second-order valence-electron chi connectivity index (χ2n) is 8.66. The number of rotatable bonds is 9. The Bertz CT molecular complexity index is 984. The molecule has 0 bridgehead atoms. The first-order chi connectivity index (χ1) is 15.8. The van der Waals surface area contributed by atoms with Gasteiger partial charge in [-0.15, -0.1) is 12.4 Å². The van der Waals surface area contributed by atoms with Crippen molar-refractivity contribution in [3.63, 3.8) is 0 Å². The normalized spacial score (nSPS) is 13.8. The van der Waals surface area contributed by atoms with Crippen molar-refractivity contribution in [2.75, 3.05) is 19.6 Å². The van der Waals surface area contributed by atoms with Crippen LogP contribution in [-0.2, 0) is 9.59 Å². The highest BCUT2D eigenvalue weighted by molar-refractivity contribution is 5.91. The lowest BCUT2D eigenvalue weighted by Crippen LogP contribution is -2.56. The van der Waals surface area contributed by atoms with Crippen molar-refractivity contribution in [3.05, 3.63) is 59.7 Å². The highest BCUT2D eigenvalue weighted by Crippen LogP contribution is 2.45. The summed E-state index contributed by atoms with van der Waals surface area (Å²) in [6.45, 7) is 5.89. The lowest BCUT2D eigenvalue weighted by Gasteiger charge is -2.34. The van der Waals surface area contributed by atoms with Gasteiger partial charge in [-0.05, 0) is 35.1 Å². The summed E-state index contributed by atoms with van der Waals surface area (Å²) in [6, 6.07) is 14.1. The minimum Gasteiger partial charge on any atom is -0.465 e. The summed E-state index contributed by atoms with van der Waals surface area (Å²) in [7, 11) is 0. The molecule has 8 nitrogen and oxygen atoms in total. The van der Waals surface area contributed by atoms with Crippen LogP contribution in [-0.4, -0.2) is 59.6 Å². The molecule has 0 aromatic heterocycles. The Hall–Kier alpha value is -3.10. The Morgan fingerprint density at radius 3 is 1.97 bits per heavy atom. The van der Waals surface area contributed by atoms with Crippen molar-refractivity contribution < 1.29 is 19.5 Å². The van der Waals surface area contributed by atoms with Gasteiger partial charge in [0, 0.05) is 25.6 Å². The molecule has 3 amide bonds. The molecule has 2 unspecified atom stereocenters. The van der Waals surface area contributed by atoms with Gasteiger partial charge in [-0.2, -0.15) is 0 Å². The number of hydrogen-bond acceptors (Lipinski definition) is 4. The number of halogens is 1. The third kappa shape index (κ3) is 5.69. The molecule has 2 aromatic carbocycles. The number of fused-ring (bicyclic) bond motifs is 3. The number of nitrogens with two attached hydrogens (primary N) is 1. The molecule has 2 aromatic rings. The van der Waals surface area contributed by atoms with Gasteiger partial charge in [0.05, 0.1) is 0 Å². The number of benzene rings is 2. The van der Waals surface area contributed by atoms with Crippen molar-refractivity contribution in [2.24, 2.45) is 11.7 Å². The van der Waals surface area contributed by atoms with E-state index in [0.717, 1.165) is 22.3 Å². The van der Waals surface area contributed by atoms with Crippen LogP contribution in [0.2, 0.25) is 0 Å². The predicted octanol–water partition coefficient (Wildman–Crippen LogP) is 2.80. The standard InChI is InChI=1S/C25H32N4O4.ClH/c1-15(2)22(24(31)28-16(3)23(30)27-13-12-26)29(25(32)33)14-21-19-10-6-4-8-17(19)18-9-5-7-11-20(18)21;/h4-11,15-16,21-22H,12-14,26H2,1-3H3,(H,27,30)(H,28,31)(H,32,33);1H. The predicted molar refractivity (Wildman–Crippen MR) is 134 cm³/mol. The molecule has 0 saturated heterocycles. The van der Waals surface area contributed by atoms with E-state index in [1.165, 1.54) is 4.90 Å². The molecule has 0 aliphatic heterocycles. The van der Waals surface area contributed by atoms with Gasteiger partial charge in [0.2, 0.25) is 11.8 Å². The maximum atomic E-state index is 13.2. The SMILES string of the molecule is CC(NC(=O)C(C(C)C)N(CC1c2ccccc2-c2ccccc21)C(=O)O)C(=O)NCCN.Cl. The Labute approximate surface area is 206 Å². The molecule has 0 spiro atoms. The second-order valence-corrected chi connectivity index (χ2v) is 8.66. The molecule has 0 heterocycles. The first-order valence-electron chi connectivity index (χ1n) is 11.2. The van der Waals surface area contributed by atoms with Gasteiger partial charge in [0.1, 0.15) is 12.1 Å². The first-order valence-corrected chi connectivity index (χ1v) is 11.2. The van der Waals surface area contributed by atoms with Crippen molar-refractivity contribution in [3.8, 4) is 11.1 Å². The lowest BCUT2D eigenvalue weighted by atomic mass is 9.94. The Morgan fingerprint density at radius 1 is 0.971 bits per heavy atom. The molecule has 1 aliphatic rings. The first kappa shape index (κ1) is 27.1. The van der Waals surface area contributed by atoms with Crippen LogP contribution < -0.4 is 16.4 Å². The molecule has 9 heteroatoms. The smallest absolute Gasteiger partial charge is 0.408 e. The Balaban J connectivity index is 0.00000408. The summed E-state index contributed by atoms with van der Waals surface area (Å²) in [5.74, 6) is -1.35. The average Bonchev–Trinajstić information content (AvgIpc) is 3.10. The van der Waals surface area contributed by atoms with Crippen LogP contribution in [0, 0.1) is 5.92 Å². The number of carbonyl (C=O) groups is 3. The van der Waals surface area contributed by atoms with Crippen LogP contribution in [0.4, 0.5) is 4.79 Å². The summed E-state index contributed by atoms with van der Waals surface area (Å²) in [5, 5.41) is 15.4. The molecule has 184 valence electrons. The topological polar surface area (TPSA) is 125 Å². The number of amides is 3. The molecular formula is C25H33ClN4O4. The van der Waals surface area contributed by atoms with Crippen molar-refractivity contribution in [1.29, 1.82) is 0 Å². The van der Waals surface area contributed by atoms with Gasteiger partial charge in [0.25, 0.3) is 0 Å². The van der Waals surface area contributed by atoms with Crippen LogP contribution in [0.1, 0.15) is 37.8 Å². The van der Waals surface area contributed by atoms with Gasteiger partial charge in [0.15, 0.2) is 0 Å². The Morgan fingerprint density at radius 2 is 1.50 bits per heavy atom. The van der Waals surface area contributed by atoms with E-state index >= 15 is 0 Å². The summed E-state index contributed by atoms with van der Waals surface area (Å²) in [4.78, 5) is 38.9. The van der Waals surface area contributed by atoms with E-state index in [4.69, 9.17) is 5.73 Å². The van der Waals surface area contributed by atoms with E-state index in [2.05, 4.69) is 10.6 Å². The zero-order valence-corrected chi connectivity index (χ0v) is 20.5. The fourth-order valence-corrected chi connectivity index (χ4v) is 4.48. The Kier molecular flexibility index (Phi) is 9.46. The van der Waals surface area contributed by atoms with Crippen LogP contribution >= 0.6 is 12.4 Å². The van der Waals surface area contributed by atoms with E-state index in [1.54, 1.807) is 20.8 Å². The molecule has 0 radical (unpaired) electrons. The lowest BCUT2D eigenvalue weighted by molar-refractivity contribution is -0.132. The average molecular weight is 489 g/mol. The molecule has 2 atom stereocenters. The van der Waals surface area contributed by atoms with Crippen LogP contribution in [0.3, 0.4) is 0 Å². The van der Waals surface area contributed by atoms with Crippen molar-refractivity contribution in [1.82, 2.24) is 15.5 Å². The van der Waals surface area contributed by atoms with Crippen LogP contribution in [0.15, 0.2) is 48.5 Å². The van der Waals surface area contributed by atoms with E-state index in [0.29, 0.717) is 6.54 Å². The van der Waals surface area contributed by atoms with Crippen LogP contribution in [0.25, 0.3) is 11.1 Å². The highest BCUT2D eigenvalue weighted by Gasteiger charge is 2.38. The third-order valence-electron chi connectivity index (χ3n) is 6.02. The minimum atomic E-state index is -1.18. The number of nitrogens with one attached hydrogen (secondary N) is 2. The van der Waals surface area contributed by atoms with Crippen molar-refractivity contribution >= 4 is 30.3 Å². The van der Waals surface area contributed by atoms with Gasteiger partial charge in [-0.25, -0.2) is 4.79 Å². The molecule has 1 aliphatic carbocycles. The summed E-state index contributed by atoms with van der Waals surface area (Å²) in [6.07, 6.45) is -1.18. The fraction of sp³-hybridized carbons (Fsp3) is 0.400. The zero-order valence-electron chi connectivity index (χ0n) is 19.7. The maximum absolute atomic E-state index is 13.2. The molecule has 0 fully saturated rings. The monoisotopic (exact) mass is 488 g/mol. The van der Waals surface area contributed by atoms with Crippen LogP contribution in [0.5, 0.6) is 0 Å². The number of carbonyl (C=O) groups excluding carboxylic acids is 2. The summed E-state index contributed by atoms with van der Waals surface area (Å²) >= 11 is 0. The molecular weight excluding hydrogens is 456 g/mol. The summed E-state index contributed by atoms with van der Waals surface area (Å²) < 4.78 is 0. The summed E-state index contributed by atoms with van der Waals surface area (Å²) in [5.41, 5.74) is 9.66. The van der Waals surface area contributed by atoms with Crippen molar-refractivity contribution in [2.45, 2.75) is 38.8 Å². The quantitative estimate of drug-likeness (QED) is 0.432. The van der Waals surface area contributed by atoms with E-state index in [-0.39, 0.29) is 43.2 Å². The van der Waals surface area contributed by atoms with E-state index in [1.807, 2.05) is 48.5 Å². The fourth-order valence-electron chi connectivity index (χ4n) is 4.48. The van der Waals surface area contributed by atoms with Gasteiger partial charge < -0.3 is 21.5 Å². The van der Waals surface area contributed by atoms with E-state index < -0.39 is 24.1 Å². The van der Waals surface area contributed by atoms with E-state index in [9.17, 15) is 19.5 Å². The highest BCUT2D eigenvalue weighted by atomic mass is 35.5. The van der Waals surface area contributed by atoms with Gasteiger partial charge in [-0.3, -0.25) is 14.5 Å². The molecule has 0 saturated carbocycles. The molecule has 5 N–H and O–H groups in total. The molecule has 34 heavy (non-hydrogen) atoms. The maximum Gasteiger partial charge on any atom is 0.408 e. The van der Waals surface area contributed by atoms with Gasteiger partial charge in [-0.1, -0.05) is 62.4 Å². The second kappa shape index (κ2) is 11.9.